The van der Waals surface area contributed by atoms with Crippen LogP contribution in [0.1, 0.15) is 37.8 Å². The molecule has 2 saturated heterocycles. The summed E-state index contributed by atoms with van der Waals surface area (Å²) in [5.74, 6) is -3.22. The summed E-state index contributed by atoms with van der Waals surface area (Å²) in [4.78, 5) is 29.7. The van der Waals surface area contributed by atoms with Gasteiger partial charge < -0.3 is 20.2 Å². The summed E-state index contributed by atoms with van der Waals surface area (Å²) in [6, 6.07) is 5.41. The Bertz CT molecular complexity index is 990. The normalized spacial score (nSPS) is 26.7. The monoisotopic (exact) mass is 444 g/mol. The summed E-state index contributed by atoms with van der Waals surface area (Å²) in [6.45, 7) is 3.09. The number of carbonyl (C=O) groups is 1. The summed E-state index contributed by atoms with van der Waals surface area (Å²) in [7, 11) is 0. The van der Waals surface area contributed by atoms with Gasteiger partial charge in [-0.25, -0.2) is 13.8 Å². The van der Waals surface area contributed by atoms with E-state index >= 15 is 0 Å². The number of halogens is 2. The molecule has 1 amide bonds. The van der Waals surface area contributed by atoms with Crippen LogP contribution in [0.2, 0.25) is 0 Å². The summed E-state index contributed by atoms with van der Waals surface area (Å²) in [5, 5.41) is 12.4. The molecule has 0 spiro atoms. The van der Waals surface area contributed by atoms with Crippen molar-refractivity contribution in [2.24, 2.45) is 5.92 Å². The van der Waals surface area contributed by atoms with Crippen LogP contribution < -0.4 is 10.2 Å². The van der Waals surface area contributed by atoms with E-state index in [9.17, 15) is 18.7 Å². The number of amides is 1. The molecule has 10 heteroatoms. The number of nitrogens with one attached hydrogen (secondary N) is 1. The Morgan fingerprint density at radius 2 is 1.97 bits per heavy atom. The fourth-order valence-electron chi connectivity index (χ4n) is 4.69. The van der Waals surface area contributed by atoms with Crippen molar-refractivity contribution in [1.82, 2.24) is 19.9 Å². The highest BCUT2D eigenvalue weighted by molar-refractivity contribution is 5.84. The number of aliphatic hydroxyl groups excluding tert-OH is 1. The van der Waals surface area contributed by atoms with Gasteiger partial charge in [-0.3, -0.25) is 9.78 Å². The van der Waals surface area contributed by atoms with Crippen molar-refractivity contribution < 1.29 is 18.7 Å². The van der Waals surface area contributed by atoms with Crippen LogP contribution in [0.3, 0.4) is 0 Å². The molecule has 0 aromatic carbocycles. The molecule has 170 valence electrons. The zero-order valence-corrected chi connectivity index (χ0v) is 17.8. The minimum Gasteiger partial charge on any atom is -0.396 e. The van der Waals surface area contributed by atoms with Crippen molar-refractivity contribution in [1.29, 1.82) is 0 Å². The number of anilines is 3. The van der Waals surface area contributed by atoms with E-state index in [1.54, 1.807) is 17.3 Å². The Morgan fingerprint density at radius 1 is 1.25 bits per heavy atom. The lowest BCUT2D eigenvalue weighted by Gasteiger charge is -2.41. The van der Waals surface area contributed by atoms with Gasteiger partial charge >= 0.3 is 0 Å². The maximum absolute atomic E-state index is 13.4. The zero-order valence-electron chi connectivity index (χ0n) is 17.8. The zero-order chi connectivity index (χ0) is 22.5. The van der Waals surface area contributed by atoms with Gasteiger partial charge in [0, 0.05) is 49.4 Å². The molecular formula is C22H26F2N6O2. The van der Waals surface area contributed by atoms with Crippen molar-refractivity contribution >= 4 is 23.4 Å². The van der Waals surface area contributed by atoms with Crippen LogP contribution >= 0.6 is 0 Å². The number of fused-ring (bicyclic) bond motifs is 2. The van der Waals surface area contributed by atoms with E-state index in [2.05, 4.69) is 25.2 Å². The first-order valence-electron chi connectivity index (χ1n) is 11.0. The lowest BCUT2D eigenvalue weighted by molar-refractivity contribution is -0.138. The standard InChI is InChI=1S/C22H26F2N6O2/c1-13(12-31)18-5-2-14(9-26-18)27-21-25-7-6-19(28-21)29-10-15-3-4-16(11-29)30(15)20(32)17-8-22(17,23)24/h2,5-7,9,13,15-17,31H,3-4,8,10-12H2,1H3,(H,25,27,28)/t13-,15-,16+,17-/m0/s1. The van der Waals surface area contributed by atoms with Gasteiger partial charge in [-0.05, 0) is 31.0 Å². The quantitative estimate of drug-likeness (QED) is 0.707. The fraction of sp³-hybridized carbons (Fsp3) is 0.545. The second-order valence-corrected chi connectivity index (χ2v) is 8.97. The molecule has 4 heterocycles. The van der Waals surface area contributed by atoms with Crippen LogP contribution in [0, 0.1) is 5.92 Å². The molecular weight excluding hydrogens is 418 g/mol. The third-order valence-corrected chi connectivity index (χ3v) is 6.65. The molecule has 8 nitrogen and oxygen atoms in total. The van der Waals surface area contributed by atoms with E-state index in [0.717, 1.165) is 30.0 Å². The predicted molar refractivity (Wildman–Crippen MR) is 114 cm³/mol. The summed E-state index contributed by atoms with van der Waals surface area (Å²) in [6.07, 6.45) is 4.68. The fourth-order valence-corrected chi connectivity index (χ4v) is 4.69. The smallest absolute Gasteiger partial charge is 0.260 e. The second kappa shape index (κ2) is 7.91. The van der Waals surface area contributed by atoms with Gasteiger partial charge in [-0.1, -0.05) is 6.92 Å². The lowest BCUT2D eigenvalue weighted by atomic mass is 10.1. The maximum Gasteiger partial charge on any atom is 0.260 e. The first-order chi connectivity index (χ1) is 15.4. The average Bonchev–Trinajstić information content (AvgIpc) is 3.36. The minimum absolute atomic E-state index is 0.0318. The largest absolute Gasteiger partial charge is 0.396 e. The van der Waals surface area contributed by atoms with E-state index in [4.69, 9.17) is 0 Å². The Labute approximate surface area is 184 Å². The predicted octanol–water partition coefficient (Wildman–Crippen LogP) is 2.55. The first-order valence-corrected chi connectivity index (χ1v) is 11.0. The number of hydrogen-bond donors (Lipinski definition) is 2. The lowest BCUT2D eigenvalue weighted by Crippen LogP contribution is -2.56. The number of hydrogen-bond acceptors (Lipinski definition) is 7. The summed E-state index contributed by atoms with van der Waals surface area (Å²) < 4.78 is 26.8. The molecule has 1 saturated carbocycles. The van der Waals surface area contributed by atoms with E-state index in [1.807, 2.05) is 25.1 Å². The van der Waals surface area contributed by atoms with Gasteiger partial charge in [0.15, 0.2) is 0 Å². The molecule has 0 unspecified atom stereocenters. The Morgan fingerprint density at radius 3 is 2.56 bits per heavy atom. The highest BCUT2D eigenvalue weighted by Gasteiger charge is 2.64. The molecule has 0 radical (unpaired) electrons. The highest BCUT2D eigenvalue weighted by Crippen LogP contribution is 2.51. The molecule has 4 atom stereocenters. The van der Waals surface area contributed by atoms with Crippen LogP contribution in [0.5, 0.6) is 0 Å². The topological polar surface area (TPSA) is 94.5 Å². The molecule has 2 aliphatic heterocycles. The maximum atomic E-state index is 13.4. The van der Waals surface area contributed by atoms with Gasteiger partial charge in [0.25, 0.3) is 5.92 Å². The SMILES string of the molecule is C[C@@H](CO)c1ccc(Nc2nccc(N3C[C@H]4CC[C@@H](C3)N4C(=O)[C@@H]3CC3(F)F)n2)cn1. The third kappa shape index (κ3) is 3.87. The van der Waals surface area contributed by atoms with Gasteiger partial charge in [-0.2, -0.15) is 4.98 Å². The molecule has 3 fully saturated rings. The number of nitrogens with zero attached hydrogens (tertiary/aromatic N) is 5. The number of aliphatic hydroxyl groups is 1. The molecule has 2 N–H and O–H groups in total. The molecule has 3 aliphatic rings. The van der Waals surface area contributed by atoms with E-state index in [1.165, 1.54) is 0 Å². The molecule has 32 heavy (non-hydrogen) atoms. The second-order valence-electron chi connectivity index (χ2n) is 8.97. The van der Waals surface area contributed by atoms with E-state index in [0.29, 0.717) is 19.0 Å². The number of rotatable bonds is 6. The van der Waals surface area contributed by atoms with Gasteiger partial charge in [0.2, 0.25) is 11.9 Å². The molecule has 2 aromatic heterocycles. The number of piperazine rings is 1. The van der Waals surface area contributed by atoms with Gasteiger partial charge in [0.1, 0.15) is 11.7 Å². The van der Waals surface area contributed by atoms with Crippen molar-refractivity contribution in [2.45, 2.75) is 50.1 Å². The van der Waals surface area contributed by atoms with Crippen LogP contribution in [0.4, 0.5) is 26.2 Å². The molecule has 5 rings (SSSR count). The van der Waals surface area contributed by atoms with Crippen LogP contribution in [0.25, 0.3) is 0 Å². The highest BCUT2D eigenvalue weighted by atomic mass is 19.3. The minimum atomic E-state index is -2.83. The van der Waals surface area contributed by atoms with Crippen LogP contribution in [0.15, 0.2) is 30.6 Å². The van der Waals surface area contributed by atoms with E-state index in [-0.39, 0.29) is 31.0 Å². The number of pyridine rings is 1. The van der Waals surface area contributed by atoms with Crippen LogP contribution in [-0.4, -0.2) is 68.6 Å². The molecule has 2 aromatic rings. The van der Waals surface area contributed by atoms with E-state index < -0.39 is 17.7 Å². The Kier molecular flexibility index (Phi) is 5.19. The molecule has 1 aliphatic carbocycles. The Hall–Kier alpha value is -2.88. The third-order valence-electron chi connectivity index (χ3n) is 6.65. The van der Waals surface area contributed by atoms with Crippen molar-refractivity contribution in [3.8, 4) is 0 Å². The van der Waals surface area contributed by atoms with Gasteiger partial charge in [-0.15, -0.1) is 0 Å². The van der Waals surface area contributed by atoms with Crippen molar-refractivity contribution in [2.75, 3.05) is 29.9 Å². The average molecular weight is 444 g/mol. The van der Waals surface area contributed by atoms with Crippen LogP contribution in [-0.2, 0) is 4.79 Å². The number of aromatic nitrogens is 3. The van der Waals surface area contributed by atoms with Crippen molar-refractivity contribution in [3.63, 3.8) is 0 Å². The Balaban J connectivity index is 1.26. The van der Waals surface area contributed by atoms with Gasteiger partial charge in [0.05, 0.1) is 18.5 Å². The van der Waals surface area contributed by atoms with Crippen molar-refractivity contribution in [3.05, 3.63) is 36.3 Å². The molecule has 2 bridgehead atoms. The summed E-state index contributed by atoms with van der Waals surface area (Å²) in [5.41, 5.74) is 1.54. The number of alkyl halides is 2. The summed E-state index contributed by atoms with van der Waals surface area (Å²) >= 11 is 0. The first kappa shape index (κ1) is 21.0. The number of carbonyl (C=O) groups excluding carboxylic acids is 1.